The van der Waals surface area contributed by atoms with Crippen LogP contribution in [-0.4, -0.2) is 27.4 Å². The van der Waals surface area contributed by atoms with Crippen LogP contribution in [0.2, 0.25) is 0 Å². The van der Waals surface area contributed by atoms with Crippen molar-refractivity contribution in [2.24, 2.45) is 0 Å². The number of para-hydroxylation sites is 1. The molecule has 25 heavy (non-hydrogen) atoms. The molecular weight excluding hydrogens is 356 g/mol. The summed E-state index contributed by atoms with van der Waals surface area (Å²) in [5, 5.41) is 1.72. The van der Waals surface area contributed by atoms with Crippen LogP contribution in [-0.2, 0) is 20.2 Å². The van der Waals surface area contributed by atoms with Crippen molar-refractivity contribution in [3.8, 4) is 0 Å². The van der Waals surface area contributed by atoms with Gasteiger partial charge in [-0.05, 0) is 28.5 Å². The van der Waals surface area contributed by atoms with Crippen LogP contribution in [0.1, 0.15) is 33.3 Å². The van der Waals surface area contributed by atoms with Crippen LogP contribution in [0.25, 0.3) is 0 Å². The Balaban J connectivity index is 2.17. The van der Waals surface area contributed by atoms with Crippen LogP contribution in [0.4, 0.5) is 5.69 Å². The number of carbonyl (C=O) groups excluding carboxylic acids is 1. The summed E-state index contributed by atoms with van der Waals surface area (Å²) in [4.78, 5) is 13.8. The minimum absolute atomic E-state index is 0.118. The number of hydrogen-bond donors (Lipinski definition) is 1. The Morgan fingerprint density at radius 3 is 2.40 bits per heavy atom. The summed E-state index contributed by atoms with van der Waals surface area (Å²) >= 11 is 1.17. The predicted molar refractivity (Wildman–Crippen MR) is 103 cm³/mol. The molecule has 7 heteroatoms. The number of anilines is 1. The molecule has 0 aliphatic heterocycles. The fraction of sp³-hybridized carbons (Fsp3) is 0.389. The molecule has 1 N–H and O–H groups in total. The number of carbonyl (C=O) groups is 1. The van der Waals surface area contributed by atoms with E-state index in [1.54, 1.807) is 22.4 Å². The second-order valence-corrected chi connectivity index (χ2v) is 9.71. The van der Waals surface area contributed by atoms with Gasteiger partial charge in [-0.25, -0.2) is 13.1 Å². The number of hydrogen-bond acceptors (Lipinski definition) is 4. The van der Waals surface area contributed by atoms with Gasteiger partial charge < -0.3 is 4.90 Å². The lowest BCUT2D eigenvalue weighted by Crippen LogP contribution is -2.38. The Morgan fingerprint density at radius 2 is 1.84 bits per heavy atom. The molecule has 0 spiro atoms. The van der Waals surface area contributed by atoms with E-state index in [1.807, 2.05) is 24.3 Å². The van der Waals surface area contributed by atoms with Gasteiger partial charge in [0.2, 0.25) is 15.9 Å². The molecule has 0 aliphatic carbocycles. The average molecular weight is 381 g/mol. The third kappa shape index (κ3) is 4.90. The first-order valence-electron chi connectivity index (χ1n) is 8.04. The molecule has 5 nitrogen and oxygen atoms in total. The monoisotopic (exact) mass is 380 g/mol. The second kappa shape index (κ2) is 7.68. The molecule has 0 saturated carbocycles. The number of rotatable bonds is 6. The molecule has 0 unspecified atom stereocenters. The molecule has 0 saturated heterocycles. The van der Waals surface area contributed by atoms with Crippen molar-refractivity contribution in [1.29, 1.82) is 0 Å². The van der Waals surface area contributed by atoms with Gasteiger partial charge in [0.15, 0.2) is 0 Å². The lowest BCUT2D eigenvalue weighted by atomic mass is 9.85. The third-order valence-corrected chi connectivity index (χ3v) is 6.63. The van der Waals surface area contributed by atoms with E-state index in [9.17, 15) is 13.2 Å². The van der Waals surface area contributed by atoms with Gasteiger partial charge >= 0.3 is 0 Å². The molecular formula is C18H24N2O3S2. The zero-order valence-electron chi connectivity index (χ0n) is 14.9. The van der Waals surface area contributed by atoms with Gasteiger partial charge in [-0.1, -0.05) is 45.0 Å². The largest absolute Gasteiger partial charge is 0.311 e. The van der Waals surface area contributed by atoms with Crippen LogP contribution < -0.4 is 9.62 Å². The van der Waals surface area contributed by atoms with E-state index in [-0.39, 0.29) is 28.6 Å². The highest BCUT2D eigenvalue weighted by molar-refractivity contribution is 7.91. The molecule has 0 radical (unpaired) electrons. The summed E-state index contributed by atoms with van der Waals surface area (Å²) in [7, 11) is -3.53. The summed E-state index contributed by atoms with van der Waals surface area (Å²) in [5.41, 5.74) is 1.74. The van der Waals surface area contributed by atoms with Gasteiger partial charge in [0.05, 0.1) is 0 Å². The zero-order valence-corrected chi connectivity index (χ0v) is 16.6. The molecule has 2 rings (SSSR count). The van der Waals surface area contributed by atoms with Crippen molar-refractivity contribution in [3.05, 3.63) is 47.3 Å². The molecule has 0 aliphatic rings. The van der Waals surface area contributed by atoms with Crippen molar-refractivity contribution in [3.63, 3.8) is 0 Å². The first-order chi connectivity index (χ1) is 11.6. The molecule has 136 valence electrons. The quantitative estimate of drug-likeness (QED) is 0.835. The molecule has 0 atom stereocenters. The Bertz CT molecular complexity index is 822. The van der Waals surface area contributed by atoms with E-state index in [4.69, 9.17) is 0 Å². The molecule has 0 bridgehead atoms. The average Bonchev–Trinajstić information content (AvgIpc) is 3.05. The Hall–Kier alpha value is -1.70. The molecule has 1 aromatic heterocycles. The second-order valence-electron chi connectivity index (χ2n) is 6.77. The van der Waals surface area contributed by atoms with Gasteiger partial charge in [0.1, 0.15) is 4.21 Å². The summed E-state index contributed by atoms with van der Waals surface area (Å²) in [6.45, 7) is 8.18. The van der Waals surface area contributed by atoms with Gasteiger partial charge in [-0.3, -0.25) is 4.79 Å². The van der Waals surface area contributed by atoms with E-state index in [0.717, 1.165) is 11.3 Å². The number of sulfonamides is 1. The summed E-state index contributed by atoms with van der Waals surface area (Å²) < 4.78 is 27.2. The Morgan fingerprint density at radius 1 is 1.16 bits per heavy atom. The highest BCUT2D eigenvalue weighted by Gasteiger charge is 2.23. The first kappa shape index (κ1) is 19.6. The normalized spacial score (nSPS) is 12.2. The smallest absolute Gasteiger partial charge is 0.250 e. The van der Waals surface area contributed by atoms with E-state index >= 15 is 0 Å². The van der Waals surface area contributed by atoms with Crippen molar-refractivity contribution >= 4 is 33.0 Å². The fourth-order valence-corrected chi connectivity index (χ4v) is 4.63. The standard InChI is InChI=1S/C18H24N2O3S2/c1-14(21)20(16-9-6-5-8-15(16)18(2,3)4)12-11-19-25(22,23)17-10-7-13-24-17/h5-10,13,19H,11-12H2,1-4H3. The van der Waals surface area contributed by atoms with Crippen molar-refractivity contribution in [2.45, 2.75) is 37.3 Å². The molecule has 1 heterocycles. The van der Waals surface area contributed by atoms with E-state index in [2.05, 4.69) is 25.5 Å². The van der Waals surface area contributed by atoms with Gasteiger partial charge in [-0.2, -0.15) is 0 Å². The number of amides is 1. The summed E-state index contributed by atoms with van der Waals surface area (Å²) in [6, 6.07) is 11.0. The van der Waals surface area contributed by atoms with Crippen molar-refractivity contribution < 1.29 is 13.2 Å². The maximum Gasteiger partial charge on any atom is 0.250 e. The number of thiophene rings is 1. The van der Waals surface area contributed by atoms with Crippen LogP contribution in [0, 0.1) is 0 Å². The third-order valence-electron chi connectivity index (χ3n) is 3.77. The van der Waals surface area contributed by atoms with E-state index in [0.29, 0.717) is 0 Å². The Kier molecular flexibility index (Phi) is 6.03. The topological polar surface area (TPSA) is 66.5 Å². The number of nitrogens with zero attached hydrogens (tertiary/aromatic N) is 1. The minimum atomic E-state index is -3.53. The van der Waals surface area contributed by atoms with Crippen LogP contribution in [0.5, 0.6) is 0 Å². The van der Waals surface area contributed by atoms with Crippen LogP contribution in [0.15, 0.2) is 46.0 Å². The fourth-order valence-electron chi connectivity index (χ4n) is 2.57. The first-order valence-corrected chi connectivity index (χ1v) is 10.4. The predicted octanol–water partition coefficient (Wildman–Crippen LogP) is 3.38. The molecule has 1 aromatic carbocycles. The highest BCUT2D eigenvalue weighted by Crippen LogP contribution is 2.31. The van der Waals surface area contributed by atoms with Crippen molar-refractivity contribution in [2.75, 3.05) is 18.0 Å². The minimum Gasteiger partial charge on any atom is -0.311 e. The van der Waals surface area contributed by atoms with Crippen molar-refractivity contribution in [1.82, 2.24) is 4.72 Å². The van der Waals surface area contributed by atoms with Gasteiger partial charge in [-0.15, -0.1) is 11.3 Å². The van der Waals surface area contributed by atoms with Crippen LogP contribution in [0.3, 0.4) is 0 Å². The van der Waals surface area contributed by atoms with E-state index < -0.39 is 10.0 Å². The van der Waals surface area contributed by atoms with Crippen LogP contribution >= 0.6 is 11.3 Å². The molecule has 0 fully saturated rings. The maximum atomic E-state index is 12.2. The number of benzene rings is 1. The van der Waals surface area contributed by atoms with Gasteiger partial charge in [0.25, 0.3) is 0 Å². The Labute approximate surface area is 153 Å². The van der Waals surface area contributed by atoms with E-state index in [1.165, 1.54) is 18.3 Å². The lowest BCUT2D eigenvalue weighted by Gasteiger charge is -2.29. The maximum absolute atomic E-state index is 12.2. The highest BCUT2D eigenvalue weighted by atomic mass is 32.2. The lowest BCUT2D eigenvalue weighted by molar-refractivity contribution is -0.116. The molecule has 2 aromatic rings. The summed E-state index contributed by atoms with van der Waals surface area (Å²) in [5.74, 6) is -0.118. The summed E-state index contributed by atoms with van der Waals surface area (Å²) in [6.07, 6.45) is 0. The SMILES string of the molecule is CC(=O)N(CCNS(=O)(=O)c1cccs1)c1ccccc1C(C)(C)C. The zero-order chi connectivity index (χ0) is 18.7. The van der Waals surface area contributed by atoms with Gasteiger partial charge in [0, 0.05) is 25.7 Å². The number of nitrogens with one attached hydrogen (secondary N) is 1. The molecule has 1 amide bonds.